The van der Waals surface area contributed by atoms with Crippen molar-refractivity contribution in [1.29, 1.82) is 0 Å². The Morgan fingerprint density at radius 2 is 0.674 bits per heavy atom. The lowest BCUT2D eigenvalue weighted by atomic mass is 9.92. The average molecular weight is 613 g/mol. The van der Waals surface area contributed by atoms with Crippen molar-refractivity contribution in [2.45, 2.75) is 107 Å². The van der Waals surface area contributed by atoms with E-state index in [4.69, 9.17) is 20.4 Å². The molecule has 0 fully saturated rings. The van der Waals surface area contributed by atoms with Crippen LogP contribution < -0.4 is 0 Å². The molecular formula is C40H48N6. The summed E-state index contributed by atoms with van der Waals surface area (Å²) in [6, 6.07) is 18.1. The number of benzene rings is 4. The maximum Gasteiger partial charge on any atom is 0.113 e. The SMILES string of the molecule is CCCc1cc2nn(-c3cc(C)c(-c4cc(C)c(-n5nc6cc(CCC)c(CCC)cc6n5)cc4C)cc3C)nc2cc1CCC. The highest BCUT2D eigenvalue weighted by molar-refractivity contribution is 5.79. The third-order valence-electron chi connectivity index (χ3n) is 9.29. The highest BCUT2D eigenvalue weighted by Crippen LogP contribution is 2.34. The Kier molecular flexibility index (Phi) is 9.08. The molecule has 2 aromatic heterocycles. The van der Waals surface area contributed by atoms with Crippen molar-refractivity contribution in [3.05, 3.63) is 93.0 Å². The van der Waals surface area contributed by atoms with Crippen molar-refractivity contribution in [3.63, 3.8) is 0 Å². The molecule has 238 valence electrons. The van der Waals surface area contributed by atoms with Crippen LogP contribution in [0.2, 0.25) is 0 Å². The molecule has 4 aromatic carbocycles. The second-order valence-corrected chi connectivity index (χ2v) is 13.1. The lowest BCUT2D eigenvalue weighted by Crippen LogP contribution is -2.04. The van der Waals surface area contributed by atoms with Gasteiger partial charge < -0.3 is 0 Å². The number of nitrogens with zero attached hydrogens (tertiary/aromatic N) is 6. The molecule has 0 radical (unpaired) electrons. The van der Waals surface area contributed by atoms with Crippen LogP contribution in [0.1, 0.15) is 97.9 Å². The molecule has 0 saturated carbocycles. The Labute approximate surface area is 273 Å². The molecule has 0 bridgehead atoms. The molecular weight excluding hydrogens is 564 g/mol. The summed E-state index contributed by atoms with van der Waals surface area (Å²) >= 11 is 0. The van der Waals surface area contributed by atoms with Crippen LogP contribution in [-0.4, -0.2) is 30.0 Å². The van der Waals surface area contributed by atoms with E-state index in [2.05, 4.69) is 104 Å². The summed E-state index contributed by atoms with van der Waals surface area (Å²) in [5.74, 6) is 0. The van der Waals surface area contributed by atoms with E-state index in [0.29, 0.717) is 0 Å². The minimum atomic E-state index is 0.967. The minimum Gasteiger partial charge on any atom is -0.150 e. The van der Waals surface area contributed by atoms with Crippen molar-refractivity contribution in [1.82, 2.24) is 30.0 Å². The number of hydrogen-bond acceptors (Lipinski definition) is 4. The van der Waals surface area contributed by atoms with E-state index in [9.17, 15) is 0 Å². The van der Waals surface area contributed by atoms with Crippen LogP contribution in [-0.2, 0) is 25.7 Å². The van der Waals surface area contributed by atoms with Crippen LogP contribution in [0.4, 0.5) is 0 Å². The van der Waals surface area contributed by atoms with Crippen LogP contribution in [0.15, 0.2) is 48.5 Å². The molecule has 2 heterocycles. The second-order valence-electron chi connectivity index (χ2n) is 13.1. The van der Waals surface area contributed by atoms with Gasteiger partial charge in [0.15, 0.2) is 0 Å². The van der Waals surface area contributed by atoms with Crippen molar-refractivity contribution in [2.75, 3.05) is 0 Å². The Bertz CT molecular complexity index is 1810. The number of rotatable bonds is 11. The molecule has 0 atom stereocenters. The van der Waals surface area contributed by atoms with Gasteiger partial charge in [-0.25, -0.2) is 0 Å². The maximum absolute atomic E-state index is 4.95. The van der Waals surface area contributed by atoms with E-state index in [1.54, 1.807) is 0 Å². The number of fused-ring (bicyclic) bond motifs is 2. The minimum absolute atomic E-state index is 0.967. The Morgan fingerprint density at radius 3 is 0.935 bits per heavy atom. The zero-order valence-electron chi connectivity index (χ0n) is 29.0. The molecule has 0 aliphatic heterocycles. The molecule has 0 N–H and O–H groups in total. The third kappa shape index (κ3) is 5.97. The summed E-state index contributed by atoms with van der Waals surface area (Å²) in [4.78, 5) is 3.66. The summed E-state index contributed by atoms with van der Waals surface area (Å²) in [5.41, 5.74) is 18.7. The summed E-state index contributed by atoms with van der Waals surface area (Å²) < 4.78 is 0. The monoisotopic (exact) mass is 612 g/mol. The first-order valence-electron chi connectivity index (χ1n) is 17.3. The summed E-state index contributed by atoms with van der Waals surface area (Å²) in [5, 5.41) is 19.8. The predicted molar refractivity (Wildman–Crippen MR) is 192 cm³/mol. The molecule has 6 aromatic rings. The van der Waals surface area contributed by atoms with Crippen molar-refractivity contribution in [3.8, 4) is 22.5 Å². The fourth-order valence-electron chi connectivity index (χ4n) is 6.94. The molecule has 0 saturated heterocycles. The topological polar surface area (TPSA) is 61.4 Å². The van der Waals surface area contributed by atoms with Crippen LogP contribution >= 0.6 is 0 Å². The van der Waals surface area contributed by atoms with Gasteiger partial charge in [-0.3, -0.25) is 0 Å². The van der Waals surface area contributed by atoms with E-state index in [0.717, 1.165) is 95.9 Å². The molecule has 0 unspecified atom stereocenters. The molecule has 0 aliphatic carbocycles. The van der Waals surface area contributed by atoms with Gasteiger partial charge >= 0.3 is 0 Å². The second kappa shape index (κ2) is 13.2. The quantitative estimate of drug-likeness (QED) is 0.146. The van der Waals surface area contributed by atoms with Gasteiger partial charge in [-0.1, -0.05) is 53.4 Å². The van der Waals surface area contributed by atoms with Gasteiger partial charge in [0.1, 0.15) is 22.1 Å². The van der Waals surface area contributed by atoms with Crippen molar-refractivity contribution >= 4 is 22.1 Å². The molecule has 0 amide bonds. The molecule has 0 aliphatic rings. The highest BCUT2D eigenvalue weighted by Gasteiger charge is 2.17. The van der Waals surface area contributed by atoms with Crippen LogP contribution in [0, 0.1) is 27.7 Å². The Balaban J connectivity index is 1.35. The van der Waals surface area contributed by atoms with Crippen molar-refractivity contribution < 1.29 is 0 Å². The lowest BCUT2D eigenvalue weighted by Gasteiger charge is -2.16. The number of aryl methyl sites for hydroxylation is 8. The van der Waals surface area contributed by atoms with Gasteiger partial charge in [-0.15, -0.1) is 20.4 Å². The maximum atomic E-state index is 4.95. The smallest absolute Gasteiger partial charge is 0.113 e. The van der Waals surface area contributed by atoms with Gasteiger partial charge in [-0.2, -0.15) is 9.59 Å². The largest absolute Gasteiger partial charge is 0.150 e. The first kappa shape index (κ1) is 31.7. The first-order chi connectivity index (χ1) is 22.2. The average Bonchev–Trinajstić information content (AvgIpc) is 3.63. The van der Waals surface area contributed by atoms with E-state index in [1.165, 1.54) is 44.5 Å². The van der Waals surface area contributed by atoms with Crippen LogP contribution in [0.25, 0.3) is 44.6 Å². The first-order valence-corrected chi connectivity index (χ1v) is 17.3. The molecule has 46 heavy (non-hydrogen) atoms. The standard InChI is InChI=1S/C40H48N6/c1-9-13-29-21-35-36(22-30(29)14-10-2)42-45(41-35)39-19-25(5)33(17-27(39)7)34-18-28(8)40(20-26(34)6)46-43-37-23-31(15-11-3)32(16-12-4)24-38(37)44-46/h17-24H,9-16H2,1-8H3. The van der Waals surface area contributed by atoms with Crippen molar-refractivity contribution in [2.24, 2.45) is 0 Å². The zero-order valence-corrected chi connectivity index (χ0v) is 29.0. The predicted octanol–water partition coefficient (Wildman–Crippen LogP) is 9.87. The van der Waals surface area contributed by atoms with E-state index >= 15 is 0 Å². The van der Waals surface area contributed by atoms with E-state index in [-0.39, 0.29) is 0 Å². The molecule has 6 heteroatoms. The third-order valence-corrected chi connectivity index (χ3v) is 9.29. The number of hydrogen-bond donors (Lipinski definition) is 0. The Morgan fingerprint density at radius 1 is 0.391 bits per heavy atom. The Hall–Kier alpha value is -4.32. The fraction of sp³-hybridized carbons (Fsp3) is 0.400. The summed E-state index contributed by atoms with van der Waals surface area (Å²) in [6.45, 7) is 17.6. The van der Waals surface area contributed by atoms with Gasteiger partial charge in [0.2, 0.25) is 0 Å². The summed E-state index contributed by atoms with van der Waals surface area (Å²) in [7, 11) is 0. The molecule has 0 spiro atoms. The molecule has 6 rings (SSSR count). The molecule has 6 nitrogen and oxygen atoms in total. The highest BCUT2D eigenvalue weighted by atomic mass is 15.5. The van der Waals surface area contributed by atoms with E-state index < -0.39 is 0 Å². The van der Waals surface area contributed by atoms with Gasteiger partial charge in [0, 0.05) is 0 Å². The lowest BCUT2D eigenvalue weighted by molar-refractivity contribution is 0.759. The fourth-order valence-corrected chi connectivity index (χ4v) is 6.94. The van der Waals surface area contributed by atoms with Gasteiger partial charge in [0.25, 0.3) is 0 Å². The van der Waals surface area contributed by atoms with Gasteiger partial charge in [0.05, 0.1) is 11.4 Å². The van der Waals surface area contributed by atoms with Crippen LogP contribution in [0.5, 0.6) is 0 Å². The van der Waals surface area contributed by atoms with Gasteiger partial charge in [-0.05, 0) is 158 Å². The normalized spacial score (nSPS) is 11.7. The zero-order chi connectivity index (χ0) is 32.5. The summed E-state index contributed by atoms with van der Waals surface area (Å²) in [6.07, 6.45) is 8.83. The van der Waals surface area contributed by atoms with E-state index in [1.807, 2.05) is 9.59 Å². The number of aromatic nitrogens is 6. The van der Waals surface area contributed by atoms with Crippen LogP contribution in [0.3, 0.4) is 0 Å².